The number of likely N-dealkylation sites (tertiary alicyclic amines) is 1. The molecule has 58 heavy (non-hydrogen) atoms. The number of piperidine rings is 1. The van der Waals surface area contributed by atoms with Gasteiger partial charge in [0.25, 0.3) is 27.9 Å². The van der Waals surface area contributed by atoms with Gasteiger partial charge >= 0.3 is 0 Å². The molecule has 0 bridgehead atoms. The molecule has 2 aliphatic heterocycles. The van der Waals surface area contributed by atoms with Crippen LogP contribution in [0.1, 0.15) is 40.2 Å². The summed E-state index contributed by atoms with van der Waals surface area (Å²) >= 11 is 7.67. The number of nitriles is 1. The van der Waals surface area contributed by atoms with Crippen molar-refractivity contribution >= 4 is 65.8 Å². The zero-order valence-electron chi connectivity index (χ0n) is 30.7. The Kier molecular flexibility index (Phi) is 10.4. The fourth-order valence-corrected chi connectivity index (χ4v) is 9.82. The lowest BCUT2D eigenvalue weighted by atomic mass is 9.72. The number of alkyl halides is 2. The van der Waals surface area contributed by atoms with E-state index in [0.29, 0.717) is 69.8 Å². The number of hydrogen-bond acceptors (Lipinski definition) is 12. The van der Waals surface area contributed by atoms with Gasteiger partial charge in [0.15, 0.2) is 0 Å². The minimum atomic E-state index is -4.19. The Morgan fingerprint density at radius 3 is 2.62 bits per heavy atom. The molecule has 7 heterocycles. The van der Waals surface area contributed by atoms with Gasteiger partial charge in [-0.2, -0.15) is 5.26 Å². The maximum atomic E-state index is 14.1. The van der Waals surface area contributed by atoms with Gasteiger partial charge in [0.05, 0.1) is 46.0 Å². The van der Waals surface area contributed by atoms with Crippen LogP contribution in [-0.2, 0) is 16.6 Å². The summed E-state index contributed by atoms with van der Waals surface area (Å²) in [6.45, 7) is 3.80. The molecular weight excluding hydrogens is 808 g/mol. The largest absolute Gasteiger partial charge is 0.355 e. The molecule has 0 atom stereocenters. The lowest BCUT2D eigenvalue weighted by molar-refractivity contribution is -0.0487. The molecule has 0 unspecified atom stereocenters. The first-order chi connectivity index (χ1) is 27.9. The van der Waals surface area contributed by atoms with Crippen molar-refractivity contribution in [1.82, 2.24) is 34.1 Å². The van der Waals surface area contributed by atoms with Crippen molar-refractivity contribution in [2.45, 2.75) is 37.6 Å². The van der Waals surface area contributed by atoms with E-state index in [2.05, 4.69) is 42.6 Å². The van der Waals surface area contributed by atoms with Crippen LogP contribution in [0, 0.1) is 35.5 Å². The van der Waals surface area contributed by atoms with Gasteiger partial charge in [-0.1, -0.05) is 23.4 Å². The predicted octanol–water partition coefficient (Wildman–Crippen LogP) is 5.63. The molecule has 13 nitrogen and oxygen atoms in total. The first kappa shape index (κ1) is 39.0. The number of benzene rings is 1. The number of aryl methyl sites for hydroxylation is 1. The molecule has 6 aromatic rings. The SMILES string of the molecule is Cc1nc2cnc(N3CCC4(CC3)CN(CC(F)F)C4)c(C#N)c2c(=O)n1CC#Cc1ccc(Cl)cc1-c1ccnc2c(C(=O)NS(=O)(=O)c3cccnc3)csc12. The van der Waals surface area contributed by atoms with Gasteiger partial charge in [-0.25, -0.2) is 31.9 Å². The van der Waals surface area contributed by atoms with E-state index in [4.69, 9.17) is 11.6 Å². The summed E-state index contributed by atoms with van der Waals surface area (Å²) in [5.74, 6) is 6.16. The van der Waals surface area contributed by atoms with E-state index in [1.165, 1.54) is 52.0 Å². The maximum absolute atomic E-state index is 14.1. The van der Waals surface area contributed by atoms with E-state index in [1.807, 2.05) is 4.90 Å². The molecule has 294 valence electrons. The second-order valence-corrected chi connectivity index (χ2v) is 17.2. The van der Waals surface area contributed by atoms with Crippen molar-refractivity contribution in [3.8, 4) is 29.0 Å². The number of rotatable bonds is 8. The van der Waals surface area contributed by atoms with Gasteiger partial charge in [0.2, 0.25) is 0 Å². The van der Waals surface area contributed by atoms with Crippen LogP contribution in [0.4, 0.5) is 14.6 Å². The number of carbonyl (C=O) groups excluding carboxylic acids is 1. The van der Waals surface area contributed by atoms with Crippen molar-refractivity contribution in [2.24, 2.45) is 5.41 Å². The first-order valence-corrected chi connectivity index (χ1v) is 20.8. The number of pyridine rings is 3. The minimum absolute atomic E-state index is 0.0258. The van der Waals surface area contributed by atoms with Crippen LogP contribution < -0.4 is 15.2 Å². The highest BCUT2D eigenvalue weighted by Gasteiger charge is 2.45. The molecule has 1 aromatic carbocycles. The second-order valence-electron chi connectivity index (χ2n) is 14.2. The molecule has 1 spiro atoms. The average Bonchev–Trinajstić information content (AvgIpc) is 3.64. The number of sulfonamides is 1. The summed E-state index contributed by atoms with van der Waals surface area (Å²) < 4.78 is 55.5. The van der Waals surface area contributed by atoms with Crippen molar-refractivity contribution in [2.75, 3.05) is 37.6 Å². The lowest BCUT2D eigenvalue weighted by Crippen LogP contribution is -2.61. The molecular formula is C40H32ClF2N9O4S2. The number of carbonyl (C=O) groups is 1. The predicted molar refractivity (Wildman–Crippen MR) is 215 cm³/mol. The monoisotopic (exact) mass is 839 g/mol. The molecule has 0 saturated carbocycles. The first-order valence-electron chi connectivity index (χ1n) is 18.0. The van der Waals surface area contributed by atoms with Crippen LogP contribution in [0.15, 0.2) is 76.3 Å². The van der Waals surface area contributed by atoms with E-state index in [1.54, 1.807) is 36.1 Å². The van der Waals surface area contributed by atoms with Gasteiger partial charge in [0, 0.05) is 71.9 Å². The van der Waals surface area contributed by atoms with E-state index < -0.39 is 27.9 Å². The maximum Gasteiger partial charge on any atom is 0.268 e. The number of aromatic nitrogens is 5. The van der Waals surface area contributed by atoms with E-state index in [-0.39, 0.29) is 45.4 Å². The van der Waals surface area contributed by atoms with Gasteiger partial charge in [0.1, 0.15) is 28.2 Å². The summed E-state index contributed by atoms with van der Waals surface area (Å²) in [7, 11) is -4.19. The quantitative estimate of drug-likeness (QED) is 0.189. The van der Waals surface area contributed by atoms with Gasteiger partial charge in [-0.3, -0.25) is 29.0 Å². The Hall–Kier alpha value is -5.85. The highest BCUT2D eigenvalue weighted by Crippen LogP contribution is 2.42. The van der Waals surface area contributed by atoms with Crippen molar-refractivity contribution < 1.29 is 22.0 Å². The van der Waals surface area contributed by atoms with E-state index >= 15 is 0 Å². The number of fused-ring (bicyclic) bond motifs is 2. The molecule has 1 N–H and O–H groups in total. The Balaban J connectivity index is 1.06. The van der Waals surface area contributed by atoms with Gasteiger partial charge in [-0.15, -0.1) is 11.3 Å². The summed E-state index contributed by atoms with van der Waals surface area (Å²) in [6.07, 6.45) is 4.74. The van der Waals surface area contributed by atoms with E-state index in [0.717, 1.165) is 19.0 Å². The van der Waals surface area contributed by atoms with Gasteiger partial charge in [-0.05, 0) is 61.6 Å². The highest BCUT2D eigenvalue weighted by molar-refractivity contribution is 7.90. The normalized spacial score (nSPS) is 15.3. The smallest absolute Gasteiger partial charge is 0.268 e. The third-order valence-corrected chi connectivity index (χ3v) is 13.1. The van der Waals surface area contributed by atoms with Crippen LogP contribution in [0.2, 0.25) is 5.02 Å². The molecule has 2 fully saturated rings. The lowest BCUT2D eigenvalue weighted by Gasteiger charge is -2.54. The van der Waals surface area contributed by atoms with Crippen LogP contribution in [0.3, 0.4) is 0 Å². The standard InChI is InChI=1S/C40H32ClF2N9O4S2/c1-24-48-32-19-47-37(51-14-9-40(10-15-51)22-50(23-40)20-33(42)43)30(17-44)34(32)39(54)52(24)13-3-4-25-6-7-26(41)16-29(25)28-8-12-46-35-31(21-57-36(28)35)38(53)49-58(55,56)27-5-2-11-45-18-27/h2,5-8,11-12,16,18-19,21,33H,9-10,13-15,20,22-23H2,1H3,(H,49,53). The minimum Gasteiger partial charge on any atom is -0.355 e. The third kappa shape index (κ3) is 7.38. The molecule has 1 amide bonds. The van der Waals surface area contributed by atoms with Crippen LogP contribution >= 0.6 is 22.9 Å². The molecule has 5 aromatic heterocycles. The highest BCUT2D eigenvalue weighted by atomic mass is 35.5. The number of amides is 1. The van der Waals surface area contributed by atoms with Crippen molar-refractivity contribution in [1.29, 1.82) is 5.26 Å². The summed E-state index contributed by atoms with van der Waals surface area (Å²) in [5, 5.41) is 12.4. The average molecular weight is 840 g/mol. The van der Waals surface area contributed by atoms with Crippen LogP contribution in [-0.4, -0.2) is 82.9 Å². The summed E-state index contributed by atoms with van der Waals surface area (Å²) in [5.41, 5.74) is 2.15. The Labute approximate surface area is 340 Å². The van der Waals surface area contributed by atoms with Crippen LogP contribution in [0.25, 0.3) is 32.2 Å². The molecule has 2 saturated heterocycles. The second kappa shape index (κ2) is 15.5. The summed E-state index contributed by atoms with van der Waals surface area (Å²) in [6, 6.07) is 11.9. The topological polar surface area (TPSA) is 167 Å². The molecule has 8 rings (SSSR count). The molecule has 2 aliphatic rings. The number of anilines is 1. The summed E-state index contributed by atoms with van der Waals surface area (Å²) in [4.78, 5) is 48.3. The Morgan fingerprint density at radius 1 is 1.10 bits per heavy atom. The number of nitrogens with one attached hydrogen (secondary N) is 1. The fraction of sp³-hybridized carbons (Fsp3) is 0.275. The van der Waals surface area contributed by atoms with Crippen molar-refractivity contribution in [3.63, 3.8) is 0 Å². The number of halogens is 3. The zero-order chi connectivity index (χ0) is 40.8. The number of hydrogen-bond donors (Lipinski definition) is 1. The molecule has 0 aliphatic carbocycles. The van der Waals surface area contributed by atoms with Crippen LogP contribution in [0.5, 0.6) is 0 Å². The number of nitrogens with zero attached hydrogens (tertiary/aromatic N) is 8. The Bertz CT molecular complexity index is 2890. The fourth-order valence-electron chi connectivity index (χ4n) is 7.69. The van der Waals surface area contributed by atoms with Gasteiger partial charge < -0.3 is 4.90 Å². The number of thiophene rings is 1. The third-order valence-electron chi connectivity index (χ3n) is 10.5. The van der Waals surface area contributed by atoms with E-state index in [9.17, 15) is 32.0 Å². The Morgan fingerprint density at radius 2 is 1.90 bits per heavy atom. The van der Waals surface area contributed by atoms with Crippen molar-refractivity contribution in [3.05, 3.63) is 104 Å². The molecule has 0 radical (unpaired) electrons. The molecule has 18 heteroatoms. The zero-order valence-corrected chi connectivity index (χ0v) is 33.1.